The molecule has 0 spiro atoms. The number of carbonyl (C=O) groups is 4. The molecule has 10 heteroatoms. The van der Waals surface area contributed by atoms with Crippen molar-refractivity contribution in [2.45, 2.75) is 44.8 Å². The van der Waals surface area contributed by atoms with Gasteiger partial charge in [0, 0.05) is 25.3 Å². The summed E-state index contributed by atoms with van der Waals surface area (Å²) in [6, 6.07) is 0. The Bertz CT molecular complexity index is 668. The van der Waals surface area contributed by atoms with Crippen molar-refractivity contribution in [1.29, 1.82) is 0 Å². The molecule has 2 atom stereocenters. The predicted molar refractivity (Wildman–Crippen MR) is 91.9 cm³/mol. The van der Waals surface area contributed by atoms with Crippen molar-refractivity contribution in [3.05, 3.63) is 11.3 Å². The number of hydrogen-bond acceptors (Lipinski definition) is 8. The lowest BCUT2D eigenvalue weighted by molar-refractivity contribution is -0.165. The van der Waals surface area contributed by atoms with Gasteiger partial charge in [0.1, 0.15) is 23.3 Å². The highest BCUT2D eigenvalue weighted by Gasteiger charge is 2.56. The van der Waals surface area contributed by atoms with Crippen molar-refractivity contribution in [3.63, 3.8) is 0 Å². The minimum absolute atomic E-state index is 0.0479. The van der Waals surface area contributed by atoms with Crippen LogP contribution in [0.3, 0.4) is 0 Å². The number of nitrogens with one attached hydrogen (secondary N) is 1. The molecule has 1 N–H and O–H groups in total. The van der Waals surface area contributed by atoms with Gasteiger partial charge >= 0.3 is 18.0 Å². The van der Waals surface area contributed by atoms with E-state index >= 15 is 0 Å². The quantitative estimate of drug-likeness (QED) is 0.429. The summed E-state index contributed by atoms with van der Waals surface area (Å²) in [4.78, 5) is 48.9. The molecule has 2 aliphatic heterocycles. The molecule has 2 heterocycles. The fraction of sp³-hybridized carbons (Fsp3) is 0.625. The number of β-lactam (4-membered cyclic amide) rings is 1. The van der Waals surface area contributed by atoms with Crippen LogP contribution in [0.4, 0.5) is 4.79 Å². The van der Waals surface area contributed by atoms with Crippen LogP contribution in [0.5, 0.6) is 0 Å². The molecule has 26 heavy (non-hydrogen) atoms. The molecule has 0 aliphatic carbocycles. The first-order chi connectivity index (χ1) is 12.0. The number of esters is 2. The van der Waals surface area contributed by atoms with Crippen molar-refractivity contribution >= 4 is 35.7 Å². The average molecular weight is 386 g/mol. The van der Waals surface area contributed by atoms with E-state index in [1.54, 1.807) is 20.8 Å². The lowest BCUT2D eigenvalue weighted by atomic mass is 10.0. The Morgan fingerprint density at radius 2 is 1.96 bits per heavy atom. The van der Waals surface area contributed by atoms with Gasteiger partial charge in [-0.05, 0) is 20.8 Å². The van der Waals surface area contributed by atoms with Crippen molar-refractivity contribution in [3.8, 4) is 0 Å². The molecular formula is C16H22N2O7S. The van der Waals surface area contributed by atoms with Crippen LogP contribution < -0.4 is 5.32 Å². The van der Waals surface area contributed by atoms with Crippen LogP contribution in [0.2, 0.25) is 0 Å². The van der Waals surface area contributed by atoms with E-state index < -0.39 is 41.0 Å². The van der Waals surface area contributed by atoms with Gasteiger partial charge in [-0.15, -0.1) is 11.8 Å². The van der Waals surface area contributed by atoms with Crippen molar-refractivity contribution < 1.29 is 33.4 Å². The van der Waals surface area contributed by atoms with Gasteiger partial charge in [-0.25, -0.2) is 9.59 Å². The first-order valence-electron chi connectivity index (χ1n) is 7.97. The van der Waals surface area contributed by atoms with Gasteiger partial charge < -0.3 is 19.5 Å². The molecule has 0 aromatic rings. The lowest BCUT2D eigenvalue weighted by Crippen LogP contribution is -2.66. The van der Waals surface area contributed by atoms with Gasteiger partial charge in [0.05, 0.1) is 0 Å². The summed E-state index contributed by atoms with van der Waals surface area (Å²) in [6.45, 7) is 6.27. The second kappa shape index (κ2) is 7.56. The van der Waals surface area contributed by atoms with Gasteiger partial charge in [0.2, 0.25) is 6.10 Å². The standard InChI is InChI=1S/C16H22N2O7S/c1-8(19)23-6-9-7-26-13-11(24-15(22)17-5)12(20)18(13)10(9)14(21)25-16(2,3)4/h11,13H,6-7H2,1-5H3,(H,17,22)/t11-,13+/m0/s1. The van der Waals surface area contributed by atoms with Crippen molar-refractivity contribution in [1.82, 2.24) is 10.2 Å². The summed E-state index contributed by atoms with van der Waals surface area (Å²) >= 11 is 1.32. The molecule has 0 unspecified atom stereocenters. The van der Waals surface area contributed by atoms with Crippen LogP contribution >= 0.6 is 11.8 Å². The zero-order chi connectivity index (χ0) is 19.6. The third-order valence-corrected chi connectivity index (χ3v) is 4.79. The van der Waals surface area contributed by atoms with E-state index in [1.165, 1.54) is 30.6 Å². The molecule has 144 valence electrons. The average Bonchev–Trinajstić information content (AvgIpc) is 2.54. The third-order valence-electron chi connectivity index (χ3n) is 3.48. The number of nitrogens with zero attached hydrogens (tertiary/aromatic N) is 1. The highest BCUT2D eigenvalue weighted by atomic mass is 32.2. The lowest BCUT2D eigenvalue weighted by Gasteiger charge is -2.48. The number of alkyl carbamates (subject to hydrolysis) is 1. The number of fused-ring (bicyclic) bond motifs is 1. The molecule has 2 aliphatic rings. The number of hydrogen-bond donors (Lipinski definition) is 1. The fourth-order valence-corrected chi connectivity index (χ4v) is 3.71. The largest absolute Gasteiger partial charge is 0.461 e. The summed E-state index contributed by atoms with van der Waals surface area (Å²) in [7, 11) is 1.39. The number of amides is 2. The summed E-state index contributed by atoms with van der Waals surface area (Å²) in [5.74, 6) is -1.36. The first kappa shape index (κ1) is 20.1. The topological polar surface area (TPSA) is 111 Å². The molecule has 1 fully saturated rings. The fourth-order valence-electron chi connectivity index (χ4n) is 2.41. The summed E-state index contributed by atoms with van der Waals surface area (Å²) < 4.78 is 15.4. The Labute approximate surface area is 155 Å². The normalized spacial score (nSPS) is 22.2. The van der Waals surface area contributed by atoms with Crippen LogP contribution in [-0.4, -0.2) is 65.3 Å². The van der Waals surface area contributed by atoms with E-state index in [0.717, 1.165) is 0 Å². The molecule has 0 aromatic heterocycles. The second-order valence-electron chi connectivity index (χ2n) is 6.72. The molecule has 2 rings (SSSR count). The minimum atomic E-state index is -0.979. The number of ether oxygens (including phenoxy) is 3. The van der Waals surface area contributed by atoms with E-state index in [0.29, 0.717) is 11.3 Å². The maximum absolute atomic E-state index is 12.6. The molecule has 0 bridgehead atoms. The van der Waals surface area contributed by atoms with E-state index in [1.807, 2.05) is 0 Å². The summed E-state index contributed by atoms with van der Waals surface area (Å²) in [5.41, 5.74) is -0.239. The van der Waals surface area contributed by atoms with Crippen molar-refractivity contribution in [2.75, 3.05) is 19.4 Å². The highest BCUT2D eigenvalue weighted by molar-refractivity contribution is 8.00. The number of rotatable bonds is 4. The van der Waals surface area contributed by atoms with Gasteiger partial charge in [-0.2, -0.15) is 0 Å². The Kier molecular flexibility index (Phi) is 5.84. The van der Waals surface area contributed by atoms with Crippen LogP contribution in [0.15, 0.2) is 11.3 Å². The molecule has 2 amide bonds. The second-order valence-corrected chi connectivity index (χ2v) is 7.83. The minimum Gasteiger partial charge on any atom is -0.461 e. The van der Waals surface area contributed by atoms with E-state index in [9.17, 15) is 19.2 Å². The maximum atomic E-state index is 12.6. The predicted octanol–water partition coefficient (Wildman–Crippen LogP) is 0.785. The molecule has 1 saturated heterocycles. The van der Waals surface area contributed by atoms with Gasteiger partial charge in [0.25, 0.3) is 5.91 Å². The zero-order valence-electron chi connectivity index (χ0n) is 15.3. The van der Waals surface area contributed by atoms with Crippen LogP contribution in [0.1, 0.15) is 27.7 Å². The third kappa shape index (κ3) is 4.29. The monoisotopic (exact) mass is 386 g/mol. The Morgan fingerprint density at radius 3 is 2.50 bits per heavy atom. The van der Waals surface area contributed by atoms with Crippen LogP contribution in [-0.2, 0) is 28.6 Å². The van der Waals surface area contributed by atoms with Gasteiger partial charge in [-0.1, -0.05) is 0 Å². The molecule has 9 nitrogen and oxygen atoms in total. The van der Waals surface area contributed by atoms with Gasteiger partial charge in [-0.3, -0.25) is 14.5 Å². The highest BCUT2D eigenvalue weighted by Crippen LogP contribution is 2.42. The Balaban J connectivity index is 2.28. The molecular weight excluding hydrogens is 364 g/mol. The van der Waals surface area contributed by atoms with E-state index in [2.05, 4.69) is 5.32 Å². The maximum Gasteiger partial charge on any atom is 0.407 e. The molecule has 0 radical (unpaired) electrons. The number of thioether (sulfide) groups is 1. The summed E-state index contributed by atoms with van der Waals surface area (Å²) in [6.07, 6.45) is -1.70. The zero-order valence-corrected chi connectivity index (χ0v) is 16.1. The smallest absolute Gasteiger partial charge is 0.407 e. The van der Waals surface area contributed by atoms with E-state index in [-0.39, 0.29) is 12.3 Å². The Morgan fingerprint density at radius 1 is 1.31 bits per heavy atom. The van der Waals surface area contributed by atoms with Crippen LogP contribution in [0.25, 0.3) is 0 Å². The van der Waals surface area contributed by atoms with Gasteiger partial charge in [0.15, 0.2) is 0 Å². The Hall–Kier alpha value is -2.23. The van der Waals surface area contributed by atoms with Crippen molar-refractivity contribution in [2.24, 2.45) is 0 Å². The first-order valence-corrected chi connectivity index (χ1v) is 9.02. The molecule has 0 saturated carbocycles. The van der Waals surface area contributed by atoms with E-state index in [4.69, 9.17) is 14.2 Å². The SMILES string of the molecule is CNC(=O)O[C@H]1C(=O)N2C(C(=O)OC(C)(C)C)=C(COC(C)=O)CS[C@H]12. The number of carbonyl (C=O) groups excluding carboxylic acids is 4. The molecule has 0 aromatic carbocycles. The summed E-state index contributed by atoms with van der Waals surface area (Å²) in [5, 5.41) is 1.76. The van der Waals surface area contributed by atoms with Crippen LogP contribution in [0, 0.1) is 0 Å².